The third-order valence-corrected chi connectivity index (χ3v) is 2.52. The molecule has 70 valence electrons. The minimum Gasteiger partial charge on any atom is -0.278 e. The molecule has 3 nitrogen and oxygen atoms in total. The van der Waals surface area contributed by atoms with Gasteiger partial charge in [-0.2, -0.15) is 0 Å². The summed E-state index contributed by atoms with van der Waals surface area (Å²) in [6.07, 6.45) is 1.08. The van der Waals surface area contributed by atoms with Gasteiger partial charge in [0.1, 0.15) is 0 Å². The lowest BCUT2D eigenvalue weighted by Crippen LogP contribution is -2.41. The summed E-state index contributed by atoms with van der Waals surface area (Å²) >= 11 is 0. The Balaban J connectivity index is 2.45. The number of carbonyl (C=O) groups is 1. The van der Waals surface area contributed by atoms with Gasteiger partial charge in [0, 0.05) is 19.0 Å². The van der Waals surface area contributed by atoms with Crippen molar-refractivity contribution in [2.24, 2.45) is 11.8 Å². The Hall–Kier alpha value is -0.570. The largest absolute Gasteiger partial charge is 0.278 e. The zero-order valence-corrected chi connectivity index (χ0v) is 8.13. The van der Waals surface area contributed by atoms with Crippen LogP contribution in [0.1, 0.15) is 27.2 Å². The summed E-state index contributed by atoms with van der Waals surface area (Å²) in [4.78, 5) is 11.7. The first-order chi connectivity index (χ1) is 5.63. The molecule has 1 fully saturated rings. The summed E-state index contributed by atoms with van der Waals surface area (Å²) in [6, 6.07) is 0. The number of carbonyl (C=O) groups excluding carboxylic acids is 1. The predicted octanol–water partition coefficient (Wildman–Crippen LogP) is 1.02. The third kappa shape index (κ3) is 1.97. The van der Waals surface area contributed by atoms with E-state index in [-0.39, 0.29) is 11.8 Å². The average molecular weight is 170 g/mol. The molecule has 0 saturated carbocycles. The van der Waals surface area contributed by atoms with Crippen molar-refractivity contribution in [2.75, 3.05) is 13.1 Å². The van der Waals surface area contributed by atoms with Crippen LogP contribution in [0.2, 0.25) is 0 Å². The van der Waals surface area contributed by atoms with Gasteiger partial charge < -0.3 is 0 Å². The number of nitrogens with zero attached hydrogens (tertiary/aromatic N) is 1. The molecule has 12 heavy (non-hydrogen) atoms. The Kier molecular flexibility index (Phi) is 3.09. The summed E-state index contributed by atoms with van der Waals surface area (Å²) in [7, 11) is 0. The van der Waals surface area contributed by atoms with Crippen LogP contribution in [0.25, 0.3) is 0 Å². The van der Waals surface area contributed by atoms with Crippen molar-refractivity contribution in [2.45, 2.75) is 27.2 Å². The highest BCUT2D eigenvalue weighted by atomic mass is 16.2. The normalized spacial score (nSPS) is 20.2. The van der Waals surface area contributed by atoms with Gasteiger partial charge in [0.25, 0.3) is 0 Å². The van der Waals surface area contributed by atoms with Crippen molar-refractivity contribution in [1.29, 1.82) is 0 Å². The van der Waals surface area contributed by atoms with E-state index in [0.717, 1.165) is 19.5 Å². The molecule has 1 saturated heterocycles. The molecule has 1 rings (SSSR count). The molecule has 0 radical (unpaired) electrons. The van der Waals surface area contributed by atoms with Gasteiger partial charge in [0.05, 0.1) is 0 Å². The highest BCUT2D eigenvalue weighted by Crippen LogP contribution is 2.13. The first kappa shape index (κ1) is 9.52. The van der Waals surface area contributed by atoms with Crippen molar-refractivity contribution in [3.63, 3.8) is 0 Å². The van der Waals surface area contributed by atoms with Crippen LogP contribution in [0, 0.1) is 11.8 Å². The number of rotatable bonds is 2. The van der Waals surface area contributed by atoms with Crippen molar-refractivity contribution < 1.29 is 4.79 Å². The van der Waals surface area contributed by atoms with E-state index in [1.165, 1.54) is 0 Å². The Labute approximate surface area is 74.1 Å². The molecule has 0 aromatic rings. The first-order valence-corrected chi connectivity index (χ1v) is 4.68. The monoisotopic (exact) mass is 170 g/mol. The van der Waals surface area contributed by atoms with E-state index < -0.39 is 0 Å². The van der Waals surface area contributed by atoms with E-state index in [1.807, 2.05) is 6.92 Å². The third-order valence-electron chi connectivity index (χ3n) is 2.52. The Morgan fingerprint density at radius 2 is 2.08 bits per heavy atom. The van der Waals surface area contributed by atoms with Crippen molar-refractivity contribution in [3.05, 3.63) is 0 Å². The maximum atomic E-state index is 11.7. The molecule has 1 heterocycles. The minimum atomic E-state index is 0.135. The van der Waals surface area contributed by atoms with E-state index >= 15 is 0 Å². The lowest BCUT2D eigenvalue weighted by molar-refractivity contribution is -0.137. The van der Waals surface area contributed by atoms with Crippen LogP contribution >= 0.6 is 0 Å². The van der Waals surface area contributed by atoms with Crippen LogP contribution in [0.4, 0.5) is 0 Å². The highest BCUT2D eigenvalue weighted by molar-refractivity contribution is 5.78. The smallest absolute Gasteiger partial charge is 0.239 e. The topological polar surface area (TPSA) is 32.3 Å². The molecule has 1 N–H and O–H groups in total. The SMILES string of the molecule is CC(C)[C@H](C)C(=O)N1CCCN1. The van der Waals surface area contributed by atoms with Gasteiger partial charge in [-0.3, -0.25) is 9.80 Å². The maximum absolute atomic E-state index is 11.7. The van der Waals surface area contributed by atoms with Crippen molar-refractivity contribution >= 4 is 5.91 Å². The molecular weight excluding hydrogens is 152 g/mol. The minimum absolute atomic E-state index is 0.135. The summed E-state index contributed by atoms with van der Waals surface area (Å²) in [5.74, 6) is 0.804. The first-order valence-electron chi connectivity index (χ1n) is 4.68. The summed E-state index contributed by atoms with van der Waals surface area (Å²) in [5, 5.41) is 1.75. The van der Waals surface area contributed by atoms with Crippen LogP contribution in [0.5, 0.6) is 0 Å². The van der Waals surface area contributed by atoms with Crippen molar-refractivity contribution in [3.8, 4) is 0 Å². The second-order valence-corrected chi connectivity index (χ2v) is 3.78. The second kappa shape index (κ2) is 3.90. The second-order valence-electron chi connectivity index (χ2n) is 3.78. The number of hydrogen-bond donors (Lipinski definition) is 1. The van der Waals surface area contributed by atoms with Gasteiger partial charge in [0.15, 0.2) is 0 Å². The molecule has 0 spiro atoms. The van der Waals surface area contributed by atoms with Crippen LogP contribution < -0.4 is 5.43 Å². The van der Waals surface area contributed by atoms with E-state index in [2.05, 4.69) is 19.3 Å². The van der Waals surface area contributed by atoms with Gasteiger partial charge in [-0.15, -0.1) is 0 Å². The van der Waals surface area contributed by atoms with Crippen LogP contribution in [-0.2, 0) is 4.79 Å². The van der Waals surface area contributed by atoms with Crippen LogP contribution in [0.3, 0.4) is 0 Å². The summed E-state index contributed by atoms with van der Waals surface area (Å²) in [5.41, 5.74) is 3.08. The lowest BCUT2D eigenvalue weighted by atomic mass is 9.97. The number of hydrogen-bond acceptors (Lipinski definition) is 2. The number of amides is 1. The van der Waals surface area contributed by atoms with Gasteiger partial charge >= 0.3 is 0 Å². The average Bonchev–Trinajstić information content (AvgIpc) is 2.53. The Morgan fingerprint density at radius 3 is 2.50 bits per heavy atom. The van der Waals surface area contributed by atoms with Crippen molar-refractivity contribution in [1.82, 2.24) is 10.4 Å². The Bertz CT molecular complexity index is 158. The highest BCUT2D eigenvalue weighted by Gasteiger charge is 2.24. The lowest BCUT2D eigenvalue weighted by Gasteiger charge is -2.22. The molecule has 1 aliphatic heterocycles. The summed E-state index contributed by atoms with van der Waals surface area (Å²) < 4.78 is 0. The number of hydrazine groups is 1. The van der Waals surface area contributed by atoms with E-state index in [9.17, 15) is 4.79 Å². The quantitative estimate of drug-likeness (QED) is 0.671. The molecule has 0 bridgehead atoms. The fourth-order valence-electron chi connectivity index (χ4n) is 1.25. The molecule has 3 heteroatoms. The van der Waals surface area contributed by atoms with E-state index in [4.69, 9.17) is 0 Å². The molecule has 0 aromatic heterocycles. The Morgan fingerprint density at radius 1 is 1.42 bits per heavy atom. The van der Waals surface area contributed by atoms with Gasteiger partial charge in [-0.05, 0) is 12.3 Å². The van der Waals surface area contributed by atoms with Crippen LogP contribution in [-0.4, -0.2) is 24.0 Å². The fourth-order valence-corrected chi connectivity index (χ4v) is 1.25. The van der Waals surface area contributed by atoms with E-state index in [0.29, 0.717) is 5.92 Å². The molecule has 1 atom stereocenters. The molecule has 1 aliphatic rings. The van der Waals surface area contributed by atoms with Crippen LogP contribution in [0.15, 0.2) is 0 Å². The van der Waals surface area contributed by atoms with Gasteiger partial charge in [-0.25, -0.2) is 5.43 Å². The zero-order chi connectivity index (χ0) is 9.14. The molecule has 0 unspecified atom stereocenters. The fraction of sp³-hybridized carbons (Fsp3) is 0.889. The standard InChI is InChI=1S/C9H18N2O/c1-7(2)8(3)9(12)11-6-4-5-10-11/h7-8,10H,4-6H2,1-3H3/t8-/m0/s1. The molecular formula is C9H18N2O. The number of nitrogens with one attached hydrogen (secondary N) is 1. The molecule has 0 aromatic carbocycles. The molecule has 1 amide bonds. The maximum Gasteiger partial charge on any atom is 0.239 e. The zero-order valence-electron chi connectivity index (χ0n) is 8.13. The predicted molar refractivity (Wildman–Crippen MR) is 48.3 cm³/mol. The summed E-state index contributed by atoms with van der Waals surface area (Å²) in [6.45, 7) is 7.97. The van der Waals surface area contributed by atoms with E-state index in [1.54, 1.807) is 5.01 Å². The molecule has 0 aliphatic carbocycles. The van der Waals surface area contributed by atoms with Gasteiger partial charge in [0.2, 0.25) is 5.91 Å². The van der Waals surface area contributed by atoms with Gasteiger partial charge in [-0.1, -0.05) is 20.8 Å².